The fourth-order valence-corrected chi connectivity index (χ4v) is 6.18. The number of hydrogen-bond donors (Lipinski definition) is 0. The van der Waals surface area contributed by atoms with E-state index in [4.69, 9.17) is 13.7 Å². The van der Waals surface area contributed by atoms with E-state index in [9.17, 15) is 4.39 Å². The van der Waals surface area contributed by atoms with Crippen LogP contribution in [0.1, 0.15) is 29.9 Å². The van der Waals surface area contributed by atoms with Crippen LogP contribution < -0.4 is 9.47 Å². The molecular formula is C30H34FNO3S. The average molecular weight is 508 g/mol. The predicted octanol–water partition coefficient (Wildman–Crippen LogP) is 6.57. The minimum Gasteiger partial charge on any atom is -0.490 e. The summed E-state index contributed by atoms with van der Waals surface area (Å²) in [7, 11) is 1.74. The van der Waals surface area contributed by atoms with Crippen molar-refractivity contribution in [3.8, 4) is 11.5 Å². The molecule has 1 saturated heterocycles. The van der Waals surface area contributed by atoms with E-state index in [1.165, 1.54) is 35.3 Å². The zero-order valence-corrected chi connectivity index (χ0v) is 21.5. The summed E-state index contributed by atoms with van der Waals surface area (Å²) in [5, 5.41) is 0. The van der Waals surface area contributed by atoms with Crippen LogP contribution in [0.2, 0.25) is 0 Å². The molecule has 1 saturated carbocycles. The van der Waals surface area contributed by atoms with Gasteiger partial charge in [-0.1, -0.05) is 42.5 Å². The third kappa shape index (κ3) is 6.61. The highest BCUT2D eigenvalue weighted by atomic mass is 32.2. The van der Waals surface area contributed by atoms with Crippen molar-refractivity contribution in [2.75, 3.05) is 32.5 Å². The Bertz CT molecular complexity index is 1070. The molecule has 0 amide bonds. The lowest BCUT2D eigenvalue weighted by Gasteiger charge is -2.25. The monoisotopic (exact) mass is 507 g/mol. The molecule has 190 valence electrons. The van der Waals surface area contributed by atoms with Crippen LogP contribution in [0.4, 0.5) is 4.39 Å². The Morgan fingerprint density at radius 2 is 1.56 bits per heavy atom. The predicted molar refractivity (Wildman–Crippen MR) is 143 cm³/mol. The lowest BCUT2D eigenvalue weighted by Crippen LogP contribution is -2.29. The number of likely N-dealkylation sites (tertiary alicyclic amines) is 1. The van der Waals surface area contributed by atoms with Gasteiger partial charge >= 0.3 is 0 Å². The van der Waals surface area contributed by atoms with Crippen molar-refractivity contribution >= 4 is 12.0 Å². The fraction of sp³-hybridized carbons (Fsp3) is 0.400. The van der Waals surface area contributed by atoms with Crippen LogP contribution in [0, 0.1) is 17.7 Å². The van der Waals surface area contributed by atoms with Crippen LogP contribution in [0.15, 0.2) is 78.9 Å². The number of nitrogens with zero attached hydrogens (tertiary/aromatic N) is 1. The van der Waals surface area contributed by atoms with E-state index in [1.807, 2.05) is 18.2 Å². The molecule has 0 spiro atoms. The fourth-order valence-electron chi connectivity index (χ4n) is 5.59. The van der Waals surface area contributed by atoms with E-state index >= 15 is 0 Å². The van der Waals surface area contributed by atoms with E-state index in [0.717, 1.165) is 49.7 Å². The molecule has 0 N–H and O–H groups in total. The van der Waals surface area contributed by atoms with E-state index in [1.54, 1.807) is 19.2 Å². The van der Waals surface area contributed by atoms with E-state index < -0.39 is 0 Å². The van der Waals surface area contributed by atoms with E-state index in [0.29, 0.717) is 24.4 Å². The molecule has 0 radical (unpaired) electrons. The molecular weight excluding hydrogens is 473 g/mol. The minimum atomic E-state index is -0.225. The molecule has 6 heteroatoms. The maximum atomic E-state index is 13.2. The molecule has 3 aromatic rings. The third-order valence-electron chi connectivity index (χ3n) is 7.37. The van der Waals surface area contributed by atoms with E-state index in [2.05, 4.69) is 41.3 Å². The molecule has 1 heterocycles. The summed E-state index contributed by atoms with van der Waals surface area (Å²) in [6, 6.07) is 25.2. The highest BCUT2D eigenvalue weighted by Crippen LogP contribution is 2.40. The van der Waals surface area contributed by atoms with Crippen molar-refractivity contribution in [2.24, 2.45) is 11.8 Å². The molecule has 4 nitrogen and oxygen atoms in total. The molecule has 2 unspecified atom stereocenters. The Kier molecular flexibility index (Phi) is 8.47. The number of fused-ring (bicyclic) bond motifs is 1. The van der Waals surface area contributed by atoms with Gasteiger partial charge in [0, 0.05) is 31.3 Å². The van der Waals surface area contributed by atoms with Crippen LogP contribution in [0.5, 0.6) is 11.5 Å². The molecule has 0 aromatic heterocycles. The zero-order valence-electron chi connectivity index (χ0n) is 20.7. The minimum absolute atomic E-state index is 0.225. The second kappa shape index (κ2) is 12.1. The summed E-state index contributed by atoms with van der Waals surface area (Å²) >= 11 is 1.53. The summed E-state index contributed by atoms with van der Waals surface area (Å²) in [4.78, 5) is 2.62. The van der Waals surface area contributed by atoms with Gasteiger partial charge in [-0.3, -0.25) is 0 Å². The first-order valence-corrected chi connectivity index (χ1v) is 13.6. The van der Waals surface area contributed by atoms with Crippen molar-refractivity contribution in [1.82, 2.24) is 4.90 Å². The lowest BCUT2D eigenvalue weighted by atomic mass is 10.00. The number of benzene rings is 3. The summed E-state index contributed by atoms with van der Waals surface area (Å²) in [6.45, 7) is 3.82. The van der Waals surface area contributed by atoms with Gasteiger partial charge in [-0.05, 0) is 84.2 Å². The second-order valence-corrected chi connectivity index (χ2v) is 10.8. The molecule has 36 heavy (non-hydrogen) atoms. The molecule has 0 bridgehead atoms. The van der Waals surface area contributed by atoms with Gasteiger partial charge in [0.1, 0.15) is 23.9 Å². The molecule has 2 fully saturated rings. The number of hydrogen-bond acceptors (Lipinski definition) is 5. The van der Waals surface area contributed by atoms with Gasteiger partial charge in [-0.25, -0.2) is 4.39 Å². The third-order valence-corrected chi connectivity index (χ3v) is 8.14. The van der Waals surface area contributed by atoms with Crippen LogP contribution >= 0.6 is 12.0 Å². The number of ether oxygens (including phenoxy) is 2. The van der Waals surface area contributed by atoms with Gasteiger partial charge in [0.05, 0.1) is 13.2 Å². The molecule has 3 aromatic carbocycles. The second-order valence-electron chi connectivity index (χ2n) is 9.90. The number of rotatable bonds is 11. The Morgan fingerprint density at radius 1 is 0.889 bits per heavy atom. The van der Waals surface area contributed by atoms with E-state index in [-0.39, 0.29) is 11.9 Å². The van der Waals surface area contributed by atoms with Crippen molar-refractivity contribution < 1.29 is 18.0 Å². The summed E-state index contributed by atoms with van der Waals surface area (Å²) in [6.07, 6.45) is 2.38. The molecule has 2 aliphatic rings. The maximum absolute atomic E-state index is 13.2. The lowest BCUT2D eigenvalue weighted by molar-refractivity contribution is 0.184. The Balaban J connectivity index is 1.14. The smallest absolute Gasteiger partial charge is 0.123 e. The van der Waals surface area contributed by atoms with Crippen molar-refractivity contribution in [1.29, 1.82) is 0 Å². The zero-order chi connectivity index (χ0) is 24.7. The molecule has 4 atom stereocenters. The van der Waals surface area contributed by atoms with Gasteiger partial charge in [0.25, 0.3) is 0 Å². The van der Waals surface area contributed by atoms with Crippen LogP contribution in [-0.4, -0.2) is 43.5 Å². The normalized spacial score (nSPS) is 22.3. The topological polar surface area (TPSA) is 30.9 Å². The van der Waals surface area contributed by atoms with Crippen molar-refractivity contribution in [2.45, 2.75) is 31.5 Å². The summed E-state index contributed by atoms with van der Waals surface area (Å²) in [5.41, 5.74) is 2.49. The Hall–Kier alpha value is -2.54. The highest BCUT2D eigenvalue weighted by Gasteiger charge is 2.42. The van der Waals surface area contributed by atoms with Gasteiger partial charge in [0.2, 0.25) is 0 Å². The standard InChI is InChI=1S/C30H34FNO3S/c1-33-36-21-26(23-7-11-28(12-8-23)34-20-22-5-3-2-4-6-22)19-32-17-24-15-30(16-25(24)18-32)35-29-13-9-27(31)10-14-29/h2-14,24-26,30H,15-21H2,1H3/t24-,25+,26?,30?. The van der Waals surface area contributed by atoms with Crippen LogP contribution in [0.3, 0.4) is 0 Å². The van der Waals surface area contributed by atoms with Gasteiger partial charge < -0.3 is 18.6 Å². The SMILES string of the molecule is COSCC(CN1C[C@H]2CC(Oc3ccc(F)cc3)C[C@H]2C1)c1ccc(OCc2ccccc2)cc1. The summed E-state index contributed by atoms with van der Waals surface area (Å²) in [5.74, 6) is 4.08. The van der Waals surface area contributed by atoms with Crippen LogP contribution in [0.25, 0.3) is 0 Å². The quantitative estimate of drug-likeness (QED) is 0.274. The van der Waals surface area contributed by atoms with Crippen LogP contribution in [-0.2, 0) is 10.8 Å². The Labute approximate surface area is 218 Å². The maximum Gasteiger partial charge on any atom is 0.123 e. The van der Waals surface area contributed by atoms with Gasteiger partial charge in [-0.15, -0.1) is 0 Å². The van der Waals surface area contributed by atoms with Crippen molar-refractivity contribution in [3.63, 3.8) is 0 Å². The van der Waals surface area contributed by atoms with Crippen molar-refractivity contribution in [3.05, 3.63) is 95.8 Å². The van der Waals surface area contributed by atoms with Gasteiger partial charge in [-0.2, -0.15) is 0 Å². The first-order valence-electron chi connectivity index (χ1n) is 12.7. The highest BCUT2D eigenvalue weighted by molar-refractivity contribution is 7.94. The first kappa shape index (κ1) is 25.1. The summed E-state index contributed by atoms with van der Waals surface area (Å²) < 4.78 is 30.7. The van der Waals surface area contributed by atoms with Gasteiger partial charge in [0.15, 0.2) is 0 Å². The molecule has 1 aliphatic heterocycles. The molecule has 1 aliphatic carbocycles. The molecule has 5 rings (SSSR count). The average Bonchev–Trinajstić information content (AvgIpc) is 3.45. The largest absolute Gasteiger partial charge is 0.490 e. The Morgan fingerprint density at radius 3 is 2.22 bits per heavy atom. The first-order chi connectivity index (χ1) is 17.7. The number of halogens is 1.